The van der Waals surface area contributed by atoms with Gasteiger partial charge in [0, 0.05) is 31.2 Å². The standard InChI is InChI=1S/C16H21N3O/c1-2-8-17-16(7-1)19-10-4-6-15(19)5-3-9-18-11-13-20-14-12-18/h1-2,4,6-8,10H,3,5,9,11-14H2. The summed E-state index contributed by atoms with van der Waals surface area (Å²) >= 11 is 0. The molecule has 3 rings (SSSR count). The lowest BCUT2D eigenvalue weighted by molar-refractivity contribution is 0.0374. The molecule has 0 N–H and O–H groups in total. The molecule has 0 amide bonds. The van der Waals surface area contributed by atoms with Crippen molar-refractivity contribution < 1.29 is 4.74 Å². The summed E-state index contributed by atoms with van der Waals surface area (Å²) in [5.41, 5.74) is 1.33. The maximum Gasteiger partial charge on any atom is 0.136 e. The molecular formula is C16H21N3O. The fourth-order valence-corrected chi connectivity index (χ4v) is 2.65. The molecule has 1 saturated heterocycles. The van der Waals surface area contributed by atoms with Gasteiger partial charge in [-0.1, -0.05) is 6.07 Å². The molecule has 1 aliphatic heterocycles. The summed E-state index contributed by atoms with van der Waals surface area (Å²) in [5.74, 6) is 0.999. The summed E-state index contributed by atoms with van der Waals surface area (Å²) in [4.78, 5) is 6.90. The topological polar surface area (TPSA) is 30.3 Å². The molecule has 1 fully saturated rings. The third-order valence-corrected chi connectivity index (χ3v) is 3.74. The lowest BCUT2D eigenvalue weighted by Gasteiger charge is -2.26. The third-order valence-electron chi connectivity index (χ3n) is 3.74. The highest BCUT2D eigenvalue weighted by molar-refractivity contribution is 5.27. The SMILES string of the molecule is c1ccc(-n2cccc2CCCN2CCOCC2)nc1. The van der Waals surface area contributed by atoms with Gasteiger partial charge < -0.3 is 9.30 Å². The molecule has 20 heavy (non-hydrogen) atoms. The van der Waals surface area contributed by atoms with E-state index in [1.807, 2.05) is 24.4 Å². The van der Waals surface area contributed by atoms with Crippen LogP contribution in [0.1, 0.15) is 12.1 Å². The van der Waals surface area contributed by atoms with E-state index in [0.29, 0.717) is 0 Å². The quantitative estimate of drug-likeness (QED) is 0.834. The molecule has 0 unspecified atom stereocenters. The van der Waals surface area contributed by atoms with E-state index >= 15 is 0 Å². The van der Waals surface area contributed by atoms with Crippen molar-refractivity contribution in [2.45, 2.75) is 12.8 Å². The minimum absolute atomic E-state index is 0.879. The molecule has 4 heteroatoms. The summed E-state index contributed by atoms with van der Waals surface area (Å²) in [7, 11) is 0. The highest BCUT2D eigenvalue weighted by atomic mass is 16.5. The zero-order chi connectivity index (χ0) is 13.6. The summed E-state index contributed by atoms with van der Waals surface area (Å²) in [5, 5.41) is 0. The Morgan fingerprint density at radius 3 is 2.80 bits per heavy atom. The van der Waals surface area contributed by atoms with Crippen molar-refractivity contribution in [3.8, 4) is 5.82 Å². The van der Waals surface area contributed by atoms with Crippen molar-refractivity contribution in [2.75, 3.05) is 32.8 Å². The summed E-state index contributed by atoms with van der Waals surface area (Å²) < 4.78 is 7.55. The second kappa shape index (κ2) is 6.68. The molecule has 106 valence electrons. The Labute approximate surface area is 120 Å². The Morgan fingerprint density at radius 2 is 2.00 bits per heavy atom. The highest BCUT2D eigenvalue weighted by Crippen LogP contribution is 2.12. The minimum atomic E-state index is 0.879. The number of hydrogen-bond acceptors (Lipinski definition) is 3. The van der Waals surface area contributed by atoms with Crippen molar-refractivity contribution in [1.29, 1.82) is 0 Å². The molecule has 2 aromatic rings. The zero-order valence-corrected chi connectivity index (χ0v) is 11.7. The van der Waals surface area contributed by atoms with Gasteiger partial charge in [-0.05, 0) is 43.7 Å². The number of pyridine rings is 1. The van der Waals surface area contributed by atoms with Crippen molar-refractivity contribution in [3.05, 3.63) is 48.4 Å². The minimum Gasteiger partial charge on any atom is -0.379 e. The summed E-state index contributed by atoms with van der Waals surface area (Å²) in [6.07, 6.45) is 6.19. The average molecular weight is 271 g/mol. The molecule has 1 aliphatic rings. The van der Waals surface area contributed by atoms with Crippen LogP contribution in [0.5, 0.6) is 0 Å². The Morgan fingerprint density at radius 1 is 1.10 bits per heavy atom. The van der Waals surface area contributed by atoms with Crippen LogP contribution in [-0.4, -0.2) is 47.3 Å². The predicted octanol–water partition coefficient (Wildman–Crippen LogP) is 2.14. The Bertz CT molecular complexity index is 518. The molecule has 4 nitrogen and oxygen atoms in total. The molecule has 0 aliphatic carbocycles. The summed E-state index contributed by atoms with van der Waals surface area (Å²) in [6.45, 7) is 5.05. The van der Waals surface area contributed by atoms with Crippen molar-refractivity contribution >= 4 is 0 Å². The Kier molecular flexibility index (Phi) is 4.46. The van der Waals surface area contributed by atoms with Gasteiger partial charge in [0.15, 0.2) is 0 Å². The van der Waals surface area contributed by atoms with Gasteiger partial charge in [0.1, 0.15) is 5.82 Å². The van der Waals surface area contributed by atoms with E-state index in [4.69, 9.17) is 4.74 Å². The Balaban J connectivity index is 1.57. The van der Waals surface area contributed by atoms with Gasteiger partial charge in [0.2, 0.25) is 0 Å². The fraction of sp³-hybridized carbons (Fsp3) is 0.438. The molecule has 0 atom stereocenters. The first-order chi connectivity index (χ1) is 9.93. The zero-order valence-electron chi connectivity index (χ0n) is 11.7. The molecular weight excluding hydrogens is 250 g/mol. The number of aromatic nitrogens is 2. The third kappa shape index (κ3) is 3.26. The van der Waals surface area contributed by atoms with Crippen LogP contribution in [0.15, 0.2) is 42.7 Å². The van der Waals surface area contributed by atoms with Crippen molar-refractivity contribution in [1.82, 2.24) is 14.5 Å². The maximum atomic E-state index is 5.37. The van der Waals surface area contributed by atoms with Gasteiger partial charge in [-0.2, -0.15) is 0 Å². The average Bonchev–Trinajstić information content (AvgIpc) is 2.98. The predicted molar refractivity (Wildman–Crippen MR) is 79.1 cm³/mol. The van der Waals surface area contributed by atoms with E-state index < -0.39 is 0 Å². The van der Waals surface area contributed by atoms with E-state index in [-0.39, 0.29) is 0 Å². The van der Waals surface area contributed by atoms with Crippen LogP contribution in [0.3, 0.4) is 0 Å². The second-order valence-corrected chi connectivity index (χ2v) is 5.12. The smallest absolute Gasteiger partial charge is 0.136 e. The molecule has 2 aromatic heterocycles. The van der Waals surface area contributed by atoms with Crippen LogP contribution in [0.2, 0.25) is 0 Å². The first-order valence-corrected chi connectivity index (χ1v) is 7.31. The van der Waals surface area contributed by atoms with Gasteiger partial charge in [-0.25, -0.2) is 4.98 Å². The van der Waals surface area contributed by atoms with E-state index in [1.165, 1.54) is 12.1 Å². The van der Waals surface area contributed by atoms with Gasteiger partial charge in [0.25, 0.3) is 0 Å². The normalized spacial score (nSPS) is 16.4. The van der Waals surface area contributed by atoms with Crippen LogP contribution in [0, 0.1) is 0 Å². The maximum absolute atomic E-state index is 5.37. The van der Waals surface area contributed by atoms with Crippen LogP contribution in [0.4, 0.5) is 0 Å². The number of hydrogen-bond donors (Lipinski definition) is 0. The van der Waals surface area contributed by atoms with Crippen molar-refractivity contribution in [2.24, 2.45) is 0 Å². The molecule has 3 heterocycles. The van der Waals surface area contributed by atoms with E-state index in [9.17, 15) is 0 Å². The first-order valence-electron chi connectivity index (χ1n) is 7.31. The molecule has 0 aromatic carbocycles. The monoisotopic (exact) mass is 271 g/mol. The van der Waals surface area contributed by atoms with Crippen LogP contribution < -0.4 is 0 Å². The number of ether oxygens (including phenoxy) is 1. The van der Waals surface area contributed by atoms with Crippen LogP contribution >= 0.6 is 0 Å². The first kappa shape index (κ1) is 13.3. The summed E-state index contributed by atoms with van der Waals surface area (Å²) in [6, 6.07) is 10.3. The lowest BCUT2D eigenvalue weighted by atomic mass is 10.2. The molecule has 0 saturated carbocycles. The lowest BCUT2D eigenvalue weighted by Crippen LogP contribution is -2.37. The molecule has 0 radical (unpaired) electrons. The number of morpholine rings is 1. The van der Waals surface area contributed by atoms with Gasteiger partial charge >= 0.3 is 0 Å². The van der Waals surface area contributed by atoms with Gasteiger partial charge in [0.05, 0.1) is 13.2 Å². The van der Waals surface area contributed by atoms with Gasteiger partial charge in [-0.3, -0.25) is 4.90 Å². The van der Waals surface area contributed by atoms with E-state index in [2.05, 4.69) is 32.8 Å². The number of nitrogens with zero attached hydrogens (tertiary/aromatic N) is 3. The number of rotatable bonds is 5. The van der Waals surface area contributed by atoms with Crippen molar-refractivity contribution in [3.63, 3.8) is 0 Å². The molecule has 0 bridgehead atoms. The second-order valence-electron chi connectivity index (χ2n) is 5.12. The van der Waals surface area contributed by atoms with E-state index in [1.54, 1.807) is 0 Å². The largest absolute Gasteiger partial charge is 0.379 e. The van der Waals surface area contributed by atoms with Crippen LogP contribution in [0.25, 0.3) is 5.82 Å². The highest BCUT2D eigenvalue weighted by Gasteiger charge is 2.10. The number of aryl methyl sites for hydroxylation is 1. The van der Waals surface area contributed by atoms with Crippen LogP contribution in [-0.2, 0) is 11.2 Å². The van der Waals surface area contributed by atoms with Gasteiger partial charge in [-0.15, -0.1) is 0 Å². The molecule has 0 spiro atoms. The fourth-order valence-electron chi connectivity index (χ4n) is 2.65. The Hall–Kier alpha value is -1.65. The van der Waals surface area contributed by atoms with E-state index in [0.717, 1.165) is 45.1 Å².